The lowest BCUT2D eigenvalue weighted by Crippen LogP contribution is -1.98. The molecule has 1 rings (SSSR count). The third-order valence-electron chi connectivity index (χ3n) is 1.52. The van der Waals surface area contributed by atoms with Crippen LogP contribution in [0.5, 0.6) is 0 Å². The SMILES string of the molecule is CC/C(=C\c1cn[nH]c1)C(=O)O. The molecule has 4 nitrogen and oxygen atoms in total. The highest BCUT2D eigenvalue weighted by molar-refractivity contribution is 5.91. The second kappa shape index (κ2) is 3.71. The lowest BCUT2D eigenvalue weighted by molar-refractivity contribution is -0.132. The topological polar surface area (TPSA) is 66.0 Å². The summed E-state index contributed by atoms with van der Waals surface area (Å²) in [5.74, 6) is -0.876. The van der Waals surface area contributed by atoms with E-state index < -0.39 is 5.97 Å². The molecule has 0 radical (unpaired) electrons. The maximum Gasteiger partial charge on any atom is 0.331 e. The molecule has 64 valence electrons. The Morgan fingerprint density at radius 1 is 1.83 bits per heavy atom. The molecule has 0 saturated carbocycles. The Labute approximate surface area is 69.9 Å². The van der Waals surface area contributed by atoms with Crippen LogP contribution >= 0.6 is 0 Å². The number of nitrogens with one attached hydrogen (secondary N) is 1. The number of aliphatic carboxylic acids is 1. The molecule has 0 bridgehead atoms. The van der Waals surface area contributed by atoms with Gasteiger partial charge in [-0.15, -0.1) is 0 Å². The number of rotatable bonds is 3. The molecular formula is C8H10N2O2. The molecule has 0 aromatic carbocycles. The maximum absolute atomic E-state index is 10.6. The summed E-state index contributed by atoms with van der Waals surface area (Å²) in [6.45, 7) is 1.81. The van der Waals surface area contributed by atoms with Crippen molar-refractivity contribution in [2.45, 2.75) is 13.3 Å². The normalized spacial score (nSPS) is 11.6. The van der Waals surface area contributed by atoms with E-state index in [1.807, 2.05) is 0 Å². The molecule has 12 heavy (non-hydrogen) atoms. The first-order valence-electron chi connectivity index (χ1n) is 3.66. The van der Waals surface area contributed by atoms with Crippen LogP contribution in [-0.4, -0.2) is 21.3 Å². The van der Waals surface area contributed by atoms with Crippen molar-refractivity contribution in [2.24, 2.45) is 0 Å². The third-order valence-corrected chi connectivity index (χ3v) is 1.52. The van der Waals surface area contributed by atoms with E-state index in [0.717, 1.165) is 5.56 Å². The van der Waals surface area contributed by atoms with Gasteiger partial charge in [0.2, 0.25) is 0 Å². The minimum atomic E-state index is -0.876. The number of aromatic amines is 1. The van der Waals surface area contributed by atoms with Gasteiger partial charge in [0.1, 0.15) is 0 Å². The summed E-state index contributed by atoms with van der Waals surface area (Å²) in [4.78, 5) is 10.6. The molecule has 0 atom stereocenters. The van der Waals surface area contributed by atoms with Crippen molar-refractivity contribution in [3.05, 3.63) is 23.5 Å². The van der Waals surface area contributed by atoms with Gasteiger partial charge in [-0.2, -0.15) is 5.10 Å². The molecule has 0 aliphatic heterocycles. The van der Waals surface area contributed by atoms with Crippen LogP contribution in [-0.2, 0) is 4.79 Å². The zero-order valence-corrected chi connectivity index (χ0v) is 6.74. The molecule has 0 spiro atoms. The van der Waals surface area contributed by atoms with Crippen molar-refractivity contribution in [2.75, 3.05) is 0 Å². The summed E-state index contributed by atoms with van der Waals surface area (Å²) >= 11 is 0. The van der Waals surface area contributed by atoms with Crippen molar-refractivity contribution in [1.29, 1.82) is 0 Å². The van der Waals surface area contributed by atoms with E-state index in [1.54, 1.807) is 25.4 Å². The number of carboxylic acids is 1. The fourth-order valence-electron chi connectivity index (χ4n) is 0.856. The summed E-state index contributed by atoms with van der Waals surface area (Å²) < 4.78 is 0. The molecule has 4 heteroatoms. The highest BCUT2D eigenvalue weighted by Gasteiger charge is 2.03. The molecular weight excluding hydrogens is 156 g/mol. The van der Waals surface area contributed by atoms with Crippen LogP contribution in [0.25, 0.3) is 6.08 Å². The van der Waals surface area contributed by atoms with Gasteiger partial charge >= 0.3 is 5.97 Å². The largest absolute Gasteiger partial charge is 0.478 e. The number of carboxylic acid groups (broad SMARTS) is 1. The summed E-state index contributed by atoms with van der Waals surface area (Å²) in [7, 11) is 0. The van der Waals surface area contributed by atoms with Gasteiger partial charge in [-0.1, -0.05) is 6.92 Å². The standard InChI is InChI=1S/C8H10N2O2/c1-2-7(8(11)12)3-6-4-9-10-5-6/h3-5H,2H2,1H3,(H,9,10)(H,11,12)/b7-3+. The van der Waals surface area contributed by atoms with Gasteiger partial charge in [0.25, 0.3) is 0 Å². The highest BCUT2D eigenvalue weighted by Crippen LogP contribution is 2.07. The number of carbonyl (C=O) groups is 1. The average Bonchev–Trinajstić information content (AvgIpc) is 2.51. The maximum atomic E-state index is 10.6. The van der Waals surface area contributed by atoms with Crippen LogP contribution in [0, 0.1) is 0 Å². The molecule has 0 saturated heterocycles. The number of aromatic nitrogens is 2. The second-order valence-electron chi connectivity index (χ2n) is 2.36. The van der Waals surface area contributed by atoms with Crippen LogP contribution in [0.1, 0.15) is 18.9 Å². The Bertz CT molecular complexity index is 288. The monoisotopic (exact) mass is 166 g/mol. The first-order valence-corrected chi connectivity index (χ1v) is 3.66. The van der Waals surface area contributed by atoms with Crippen molar-refractivity contribution >= 4 is 12.0 Å². The van der Waals surface area contributed by atoms with Crippen molar-refractivity contribution < 1.29 is 9.90 Å². The molecule has 1 aromatic rings. The lowest BCUT2D eigenvalue weighted by Gasteiger charge is -1.94. The predicted octanol–water partition coefficient (Wildman–Crippen LogP) is 1.29. The number of hydrogen-bond acceptors (Lipinski definition) is 2. The molecule has 0 amide bonds. The van der Waals surface area contributed by atoms with E-state index >= 15 is 0 Å². The Hall–Kier alpha value is -1.58. The van der Waals surface area contributed by atoms with E-state index in [9.17, 15) is 4.79 Å². The van der Waals surface area contributed by atoms with Gasteiger partial charge in [0.15, 0.2) is 0 Å². The summed E-state index contributed by atoms with van der Waals surface area (Å²) in [5, 5.41) is 15.0. The van der Waals surface area contributed by atoms with Crippen LogP contribution in [0.4, 0.5) is 0 Å². The molecule has 0 unspecified atom stereocenters. The van der Waals surface area contributed by atoms with E-state index in [2.05, 4.69) is 10.2 Å². The Kier molecular flexibility index (Phi) is 2.63. The summed E-state index contributed by atoms with van der Waals surface area (Å²) in [5.41, 5.74) is 1.17. The Balaban J connectivity index is 2.85. The van der Waals surface area contributed by atoms with Crippen LogP contribution in [0.3, 0.4) is 0 Å². The van der Waals surface area contributed by atoms with E-state index in [0.29, 0.717) is 12.0 Å². The predicted molar refractivity (Wildman–Crippen MR) is 44.5 cm³/mol. The van der Waals surface area contributed by atoms with Crippen molar-refractivity contribution in [3.8, 4) is 0 Å². The second-order valence-corrected chi connectivity index (χ2v) is 2.36. The first kappa shape index (κ1) is 8.52. The highest BCUT2D eigenvalue weighted by atomic mass is 16.4. The molecule has 2 N–H and O–H groups in total. The van der Waals surface area contributed by atoms with E-state index in [4.69, 9.17) is 5.11 Å². The van der Waals surface area contributed by atoms with Gasteiger partial charge in [-0.25, -0.2) is 4.79 Å². The smallest absolute Gasteiger partial charge is 0.331 e. The van der Waals surface area contributed by atoms with Gasteiger partial charge in [-0.3, -0.25) is 5.10 Å². The fraction of sp³-hybridized carbons (Fsp3) is 0.250. The van der Waals surface area contributed by atoms with Gasteiger partial charge < -0.3 is 5.11 Å². The summed E-state index contributed by atoms with van der Waals surface area (Å²) in [6.07, 6.45) is 5.35. The number of hydrogen-bond donors (Lipinski definition) is 2. The van der Waals surface area contributed by atoms with Gasteiger partial charge in [-0.05, 0) is 12.5 Å². The Morgan fingerprint density at radius 2 is 2.58 bits per heavy atom. The quantitative estimate of drug-likeness (QED) is 0.665. The van der Waals surface area contributed by atoms with E-state index in [-0.39, 0.29) is 0 Å². The fourth-order valence-corrected chi connectivity index (χ4v) is 0.856. The zero-order chi connectivity index (χ0) is 8.97. The minimum absolute atomic E-state index is 0.386. The molecule has 0 aliphatic carbocycles. The van der Waals surface area contributed by atoms with Crippen LogP contribution in [0.2, 0.25) is 0 Å². The molecule has 0 fully saturated rings. The van der Waals surface area contributed by atoms with Crippen molar-refractivity contribution in [1.82, 2.24) is 10.2 Å². The summed E-state index contributed by atoms with van der Waals surface area (Å²) in [6, 6.07) is 0. The molecule has 0 aliphatic rings. The average molecular weight is 166 g/mol. The Morgan fingerprint density at radius 3 is 3.00 bits per heavy atom. The van der Waals surface area contributed by atoms with Crippen molar-refractivity contribution in [3.63, 3.8) is 0 Å². The number of nitrogens with zero attached hydrogens (tertiary/aromatic N) is 1. The third kappa shape index (κ3) is 1.95. The minimum Gasteiger partial charge on any atom is -0.478 e. The molecule has 1 heterocycles. The van der Waals surface area contributed by atoms with Crippen LogP contribution < -0.4 is 0 Å². The van der Waals surface area contributed by atoms with Crippen LogP contribution in [0.15, 0.2) is 18.0 Å². The van der Waals surface area contributed by atoms with E-state index in [1.165, 1.54) is 0 Å². The lowest BCUT2D eigenvalue weighted by atomic mass is 10.1. The number of H-pyrrole nitrogens is 1. The van der Waals surface area contributed by atoms with Gasteiger partial charge in [0, 0.05) is 17.3 Å². The van der Waals surface area contributed by atoms with Gasteiger partial charge in [0.05, 0.1) is 6.20 Å². The first-order chi connectivity index (χ1) is 5.74. The zero-order valence-electron chi connectivity index (χ0n) is 6.74. The molecule has 1 aromatic heterocycles.